The first-order valence-corrected chi connectivity index (χ1v) is 9.36. The molecule has 4 rings (SSSR count). The molecule has 1 spiro atoms. The maximum atomic E-state index is 13.3. The van der Waals surface area contributed by atoms with Gasteiger partial charge in [0.05, 0.1) is 6.04 Å². The number of amides is 1. The van der Waals surface area contributed by atoms with Gasteiger partial charge >= 0.3 is 0 Å². The largest absolute Gasteiger partial charge is 0.335 e. The van der Waals surface area contributed by atoms with Gasteiger partial charge in [-0.25, -0.2) is 0 Å². The summed E-state index contributed by atoms with van der Waals surface area (Å²) in [6, 6.07) is 11.0. The summed E-state index contributed by atoms with van der Waals surface area (Å²) < 4.78 is 0. The summed E-state index contributed by atoms with van der Waals surface area (Å²) in [5.74, 6) is 0.747. The van der Waals surface area contributed by atoms with Crippen molar-refractivity contribution in [3.8, 4) is 0 Å². The molecule has 24 heavy (non-hydrogen) atoms. The van der Waals surface area contributed by atoms with Crippen molar-refractivity contribution < 1.29 is 4.79 Å². The molecule has 1 aromatic carbocycles. The number of hydrogen-bond donors (Lipinski definition) is 1. The van der Waals surface area contributed by atoms with E-state index in [4.69, 9.17) is 0 Å². The molecule has 0 aromatic heterocycles. The van der Waals surface area contributed by atoms with Gasteiger partial charge in [-0.2, -0.15) is 0 Å². The quantitative estimate of drug-likeness (QED) is 0.877. The van der Waals surface area contributed by atoms with Crippen LogP contribution in [0.5, 0.6) is 0 Å². The Kier molecular flexibility index (Phi) is 5.51. The van der Waals surface area contributed by atoms with Crippen LogP contribution in [0.4, 0.5) is 0 Å². The lowest BCUT2D eigenvalue weighted by molar-refractivity contribution is -0.136. The van der Waals surface area contributed by atoms with Crippen LogP contribution in [-0.2, 0) is 4.79 Å². The summed E-state index contributed by atoms with van der Waals surface area (Å²) in [5, 5.41) is 3.44. The number of carbonyl (C=O) groups excluding carboxylic acids is 1. The summed E-state index contributed by atoms with van der Waals surface area (Å²) in [6.45, 7) is 3.13. The molecule has 1 aliphatic carbocycles. The Labute approximate surface area is 151 Å². The van der Waals surface area contributed by atoms with Gasteiger partial charge in [-0.3, -0.25) is 4.79 Å². The van der Waals surface area contributed by atoms with Crippen LogP contribution in [0, 0.1) is 11.3 Å². The second kappa shape index (κ2) is 7.45. The van der Waals surface area contributed by atoms with Crippen LogP contribution < -0.4 is 5.32 Å². The zero-order valence-electron chi connectivity index (χ0n) is 14.4. The number of halogens is 1. The van der Waals surface area contributed by atoms with Crippen molar-refractivity contribution in [1.29, 1.82) is 0 Å². The minimum atomic E-state index is 0. The minimum Gasteiger partial charge on any atom is -0.335 e. The van der Waals surface area contributed by atoms with Crippen LogP contribution in [0.2, 0.25) is 0 Å². The average Bonchev–Trinajstić information content (AvgIpc) is 3.34. The first kappa shape index (κ1) is 17.8. The topological polar surface area (TPSA) is 32.3 Å². The van der Waals surface area contributed by atoms with Crippen LogP contribution >= 0.6 is 12.4 Å². The summed E-state index contributed by atoms with van der Waals surface area (Å²) >= 11 is 0. The Balaban J connectivity index is 0.00000169. The molecule has 4 heteroatoms. The molecule has 1 aromatic rings. The van der Waals surface area contributed by atoms with Gasteiger partial charge in [-0.1, -0.05) is 43.2 Å². The van der Waals surface area contributed by atoms with E-state index in [1.54, 1.807) is 0 Å². The molecular weight excluding hydrogens is 320 g/mol. The number of likely N-dealkylation sites (tertiary alicyclic amines) is 1. The van der Waals surface area contributed by atoms with Crippen molar-refractivity contribution in [1.82, 2.24) is 10.2 Å². The molecule has 1 saturated carbocycles. The van der Waals surface area contributed by atoms with Gasteiger partial charge < -0.3 is 10.2 Å². The van der Waals surface area contributed by atoms with Crippen molar-refractivity contribution in [2.75, 3.05) is 19.6 Å². The SMILES string of the molecule is Cl.O=C(C1CC12CCNCC2)N1CCCCCC1c1ccccc1. The van der Waals surface area contributed by atoms with Gasteiger partial charge in [-0.05, 0) is 56.2 Å². The normalized spacial score (nSPS) is 28.8. The predicted octanol–water partition coefficient (Wildman–Crippen LogP) is 3.94. The summed E-state index contributed by atoms with van der Waals surface area (Å²) in [6.07, 6.45) is 8.29. The van der Waals surface area contributed by atoms with E-state index in [0.717, 1.165) is 38.9 Å². The highest BCUT2D eigenvalue weighted by Gasteiger charge is 2.59. The molecule has 2 saturated heterocycles. The number of benzene rings is 1. The Morgan fingerprint density at radius 2 is 1.83 bits per heavy atom. The number of nitrogens with one attached hydrogen (secondary N) is 1. The molecular formula is C20H29ClN2O. The van der Waals surface area contributed by atoms with Crippen LogP contribution in [0.3, 0.4) is 0 Å². The van der Waals surface area contributed by atoms with Crippen LogP contribution in [0.15, 0.2) is 30.3 Å². The first-order chi connectivity index (χ1) is 11.3. The first-order valence-electron chi connectivity index (χ1n) is 9.36. The highest BCUT2D eigenvalue weighted by atomic mass is 35.5. The van der Waals surface area contributed by atoms with E-state index in [1.807, 2.05) is 0 Å². The third-order valence-corrected chi connectivity index (χ3v) is 6.31. The van der Waals surface area contributed by atoms with Gasteiger partial charge in [-0.15, -0.1) is 12.4 Å². The lowest BCUT2D eigenvalue weighted by Gasteiger charge is -2.32. The third-order valence-electron chi connectivity index (χ3n) is 6.31. The second-order valence-electron chi connectivity index (χ2n) is 7.68. The Morgan fingerprint density at radius 1 is 1.08 bits per heavy atom. The molecule has 1 N–H and O–H groups in total. The molecule has 3 nitrogen and oxygen atoms in total. The number of nitrogens with zero attached hydrogens (tertiary/aromatic N) is 1. The van der Waals surface area contributed by atoms with Crippen molar-refractivity contribution in [2.45, 2.75) is 51.0 Å². The van der Waals surface area contributed by atoms with Gasteiger partial charge in [0.1, 0.15) is 0 Å². The number of hydrogen-bond acceptors (Lipinski definition) is 2. The van der Waals surface area contributed by atoms with E-state index >= 15 is 0 Å². The zero-order valence-corrected chi connectivity index (χ0v) is 15.2. The van der Waals surface area contributed by atoms with Crippen molar-refractivity contribution in [3.05, 3.63) is 35.9 Å². The van der Waals surface area contributed by atoms with Crippen molar-refractivity contribution in [2.24, 2.45) is 11.3 Å². The highest BCUT2D eigenvalue weighted by Crippen LogP contribution is 2.59. The molecule has 3 aliphatic rings. The van der Waals surface area contributed by atoms with Gasteiger partial charge in [0.15, 0.2) is 0 Å². The zero-order chi connectivity index (χ0) is 15.7. The fourth-order valence-electron chi connectivity index (χ4n) is 4.77. The lowest BCUT2D eigenvalue weighted by atomic mass is 9.91. The maximum Gasteiger partial charge on any atom is 0.226 e. The summed E-state index contributed by atoms with van der Waals surface area (Å²) in [4.78, 5) is 15.5. The summed E-state index contributed by atoms with van der Waals surface area (Å²) in [7, 11) is 0. The van der Waals surface area contributed by atoms with E-state index < -0.39 is 0 Å². The molecule has 3 fully saturated rings. The molecule has 0 bridgehead atoms. The van der Waals surface area contributed by atoms with Crippen LogP contribution in [-0.4, -0.2) is 30.4 Å². The van der Waals surface area contributed by atoms with Gasteiger partial charge in [0, 0.05) is 12.5 Å². The fraction of sp³-hybridized carbons (Fsp3) is 0.650. The van der Waals surface area contributed by atoms with Gasteiger partial charge in [0.25, 0.3) is 0 Å². The van der Waals surface area contributed by atoms with Crippen molar-refractivity contribution >= 4 is 18.3 Å². The van der Waals surface area contributed by atoms with E-state index in [0.29, 0.717) is 23.3 Å². The number of carbonyl (C=O) groups is 1. The monoisotopic (exact) mass is 348 g/mol. The van der Waals surface area contributed by atoms with E-state index in [9.17, 15) is 4.79 Å². The summed E-state index contributed by atoms with van der Waals surface area (Å²) in [5.41, 5.74) is 1.67. The Morgan fingerprint density at radius 3 is 2.58 bits per heavy atom. The second-order valence-corrected chi connectivity index (χ2v) is 7.68. The standard InChI is InChI=1S/C20H28N2O.ClH/c23-19(17-15-20(17)10-12-21-13-11-20)22-14-6-2-5-9-18(22)16-7-3-1-4-8-16;/h1,3-4,7-8,17-18,21H,2,5-6,9-15H2;1H. The molecule has 132 valence electrons. The van der Waals surface area contributed by atoms with Crippen molar-refractivity contribution in [3.63, 3.8) is 0 Å². The Hall–Kier alpha value is -1.06. The number of rotatable bonds is 2. The molecule has 2 atom stereocenters. The van der Waals surface area contributed by atoms with Crippen LogP contribution in [0.1, 0.15) is 56.6 Å². The maximum absolute atomic E-state index is 13.3. The third kappa shape index (κ3) is 3.34. The molecule has 0 radical (unpaired) electrons. The average molecular weight is 349 g/mol. The minimum absolute atomic E-state index is 0. The van der Waals surface area contributed by atoms with E-state index in [2.05, 4.69) is 40.5 Å². The van der Waals surface area contributed by atoms with Gasteiger partial charge in [0.2, 0.25) is 5.91 Å². The molecule has 2 unspecified atom stereocenters. The fourth-order valence-corrected chi connectivity index (χ4v) is 4.77. The van der Waals surface area contributed by atoms with Crippen LogP contribution in [0.25, 0.3) is 0 Å². The molecule has 1 amide bonds. The van der Waals surface area contributed by atoms with E-state index in [-0.39, 0.29) is 12.4 Å². The van der Waals surface area contributed by atoms with E-state index in [1.165, 1.54) is 31.2 Å². The highest BCUT2D eigenvalue weighted by molar-refractivity contribution is 5.85. The Bertz CT molecular complexity index is 556. The number of piperidine rings is 1. The smallest absolute Gasteiger partial charge is 0.226 e. The predicted molar refractivity (Wildman–Crippen MR) is 99.3 cm³/mol. The molecule has 2 heterocycles. The lowest BCUT2D eigenvalue weighted by Crippen LogP contribution is -2.38. The molecule has 2 aliphatic heterocycles.